The van der Waals surface area contributed by atoms with Crippen LogP contribution in [0.2, 0.25) is 0 Å². The Bertz CT molecular complexity index is 940. The summed E-state index contributed by atoms with van der Waals surface area (Å²) in [6.07, 6.45) is 5.39. The lowest BCUT2D eigenvalue weighted by Gasteiger charge is -2.00. The van der Waals surface area contributed by atoms with E-state index in [1.807, 2.05) is 0 Å². The lowest BCUT2D eigenvalue weighted by atomic mass is 10.1. The Hall–Kier alpha value is -1.76. The van der Waals surface area contributed by atoms with Crippen molar-refractivity contribution >= 4 is 60.4 Å². The summed E-state index contributed by atoms with van der Waals surface area (Å²) in [4.78, 5) is 42.3. The van der Waals surface area contributed by atoms with Crippen molar-refractivity contribution in [1.82, 2.24) is 0 Å². The van der Waals surface area contributed by atoms with E-state index in [9.17, 15) is 29.8 Å². The standard InChI is InChI=1S/C12H14NO3S.C7H4BrNO3.C4H8S.BrH/c14-12(9-17-7-1-2-8-17)10-3-5-11(6-4-10)13(15)16;8-7(10)5-1-3-6(4-2-5)9(11)12;1-2-4-5-3-1;/h3-6H,1-2,7-9H2;1-4H;1-4H2;1H/q+1;;;/p-1. The van der Waals surface area contributed by atoms with Crippen molar-refractivity contribution in [2.45, 2.75) is 25.7 Å². The number of hydrogen-bond donors (Lipinski definition) is 0. The first-order valence-corrected chi connectivity index (χ1v) is 14.4. The van der Waals surface area contributed by atoms with Crippen LogP contribution in [-0.4, -0.2) is 49.1 Å². The summed E-state index contributed by atoms with van der Waals surface area (Å²) in [5.74, 6) is 5.89. The molecule has 2 aliphatic rings. The molecule has 2 heterocycles. The van der Waals surface area contributed by atoms with Gasteiger partial charge in [-0.15, -0.1) is 0 Å². The fourth-order valence-corrected chi connectivity index (χ4v) is 6.66. The minimum absolute atomic E-state index is 0. The van der Waals surface area contributed by atoms with Crippen LogP contribution in [0.1, 0.15) is 46.4 Å². The fraction of sp³-hybridized carbons (Fsp3) is 0.391. The van der Waals surface area contributed by atoms with Gasteiger partial charge >= 0.3 is 0 Å². The second-order valence-electron chi connectivity index (χ2n) is 7.50. The van der Waals surface area contributed by atoms with Gasteiger partial charge in [0.15, 0.2) is 5.75 Å². The van der Waals surface area contributed by atoms with Crippen molar-refractivity contribution in [3.8, 4) is 0 Å². The molecule has 0 aromatic heterocycles. The molecule has 2 aromatic carbocycles. The molecule has 2 fully saturated rings. The molecule has 2 saturated heterocycles. The van der Waals surface area contributed by atoms with Crippen LogP contribution in [0.4, 0.5) is 11.4 Å². The molecule has 0 spiro atoms. The normalized spacial score (nSPS) is 14.4. The summed E-state index contributed by atoms with van der Waals surface area (Å²) in [7, 11) is 0.245. The molecule has 0 aliphatic carbocycles. The minimum atomic E-state index is -0.511. The summed E-state index contributed by atoms with van der Waals surface area (Å²) < 4.78 is -0.280. The largest absolute Gasteiger partial charge is 1.00 e. The van der Waals surface area contributed by atoms with Crippen LogP contribution in [-0.2, 0) is 10.9 Å². The quantitative estimate of drug-likeness (QED) is 0.155. The second-order valence-corrected chi connectivity index (χ2v) is 11.8. The number of nitro benzene ring substituents is 2. The zero-order valence-electron chi connectivity index (χ0n) is 18.9. The van der Waals surface area contributed by atoms with Gasteiger partial charge in [-0.05, 0) is 88.3 Å². The Kier molecular flexibility index (Phi) is 15.0. The molecule has 12 heteroatoms. The molecule has 0 N–H and O–H groups in total. The molecular formula is C23H26Br2N2O6S2. The number of benzene rings is 2. The Morgan fingerprint density at radius 3 is 1.57 bits per heavy atom. The topological polar surface area (TPSA) is 120 Å². The van der Waals surface area contributed by atoms with Crippen LogP contribution in [0.3, 0.4) is 0 Å². The van der Waals surface area contributed by atoms with Crippen LogP contribution < -0.4 is 17.0 Å². The first kappa shape index (κ1) is 31.3. The fourth-order valence-electron chi connectivity index (χ4n) is 3.12. The second kappa shape index (κ2) is 16.8. The molecule has 0 saturated carbocycles. The van der Waals surface area contributed by atoms with Gasteiger partial charge in [0.05, 0.1) is 9.85 Å². The maximum atomic E-state index is 11.9. The Morgan fingerprint density at radius 2 is 1.23 bits per heavy atom. The molecule has 0 atom stereocenters. The molecular weight excluding hydrogens is 624 g/mol. The van der Waals surface area contributed by atoms with Crippen LogP contribution in [0.5, 0.6) is 0 Å². The smallest absolute Gasteiger partial charge is 0.269 e. The highest BCUT2D eigenvalue weighted by molar-refractivity contribution is 9.18. The lowest BCUT2D eigenvalue weighted by molar-refractivity contribution is -0.385. The molecule has 0 unspecified atom stereocenters. The number of carbonyl (C=O) groups excluding carboxylic acids is 2. The third-order valence-electron chi connectivity index (χ3n) is 4.98. The average molecular weight is 650 g/mol. The lowest BCUT2D eigenvalue weighted by Crippen LogP contribution is -3.00. The number of rotatable bonds is 6. The van der Waals surface area contributed by atoms with Crippen molar-refractivity contribution in [3.63, 3.8) is 0 Å². The van der Waals surface area contributed by atoms with E-state index < -0.39 is 9.85 Å². The van der Waals surface area contributed by atoms with Gasteiger partial charge in [0.2, 0.25) is 10.5 Å². The van der Waals surface area contributed by atoms with E-state index in [2.05, 4.69) is 27.7 Å². The Labute approximate surface area is 230 Å². The van der Waals surface area contributed by atoms with Gasteiger partial charge in [-0.2, -0.15) is 11.8 Å². The molecule has 0 bridgehead atoms. The maximum Gasteiger partial charge on any atom is 0.269 e. The van der Waals surface area contributed by atoms with E-state index in [4.69, 9.17) is 0 Å². The van der Waals surface area contributed by atoms with E-state index in [0.29, 0.717) is 16.9 Å². The predicted octanol–water partition coefficient (Wildman–Crippen LogP) is 2.84. The average Bonchev–Trinajstić information content (AvgIpc) is 3.57. The van der Waals surface area contributed by atoms with Gasteiger partial charge in [-0.3, -0.25) is 29.8 Å². The zero-order chi connectivity index (χ0) is 24.9. The SMILES string of the molecule is C1CCSC1.O=C(Br)c1ccc([N+](=O)[O-])cc1.O=C(C[S+]1CCCC1)c1ccc([N+](=O)[O-])cc1.[Br-]. The molecule has 4 rings (SSSR count). The summed E-state index contributed by atoms with van der Waals surface area (Å²) >= 11 is 4.81. The molecule has 35 heavy (non-hydrogen) atoms. The van der Waals surface area contributed by atoms with E-state index >= 15 is 0 Å². The van der Waals surface area contributed by atoms with E-state index in [-0.39, 0.29) is 49.7 Å². The van der Waals surface area contributed by atoms with Crippen molar-refractivity contribution < 1.29 is 36.4 Å². The Morgan fingerprint density at radius 1 is 0.800 bits per heavy atom. The van der Waals surface area contributed by atoms with Gasteiger partial charge in [-0.25, -0.2) is 0 Å². The zero-order valence-corrected chi connectivity index (χ0v) is 23.7. The highest BCUT2D eigenvalue weighted by Gasteiger charge is 2.27. The van der Waals surface area contributed by atoms with Crippen molar-refractivity contribution in [3.05, 3.63) is 79.9 Å². The third kappa shape index (κ3) is 11.7. The summed E-state index contributed by atoms with van der Waals surface area (Å²) in [6.45, 7) is 0. The number of carbonyl (C=O) groups is 2. The third-order valence-corrected chi connectivity index (χ3v) is 9.00. The summed E-state index contributed by atoms with van der Waals surface area (Å²) in [5, 5.41) is 20.7. The van der Waals surface area contributed by atoms with Gasteiger partial charge in [0, 0.05) is 35.4 Å². The maximum absolute atomic E-state index is 11.9. The summed E-state index contributed by atoms with van der Waals surface area (Å²) in [6, 6.07) is 11.3. The van der Waals surface area contributed by atoms with Crippen LogP contribution in [0.15, 0.2) is 48.5 Å². The van der Waals surface area contributed by atoms with Gasteiger partial charge < -0.3 is 17.0 Å². The van der Waals surface area contributed by atoms with Crippen LogP contribution in [0, 0.1) is 20.2 Å². The van der Waals surface area contributed by atoms with Gasteiger partial charge in [-0.1, -0.05) is 0 Å². The minimum Gasteiger partial charge on any atom is -1.00 e. The first-order valence-electron chi connectivity index (χ1n) is 10.7. The Balaban J connectivity index is 0.000000295. The van der Waals surface area contributed by atoms with Crippen LogP contribution >= 0.6 is 27.7 Å². The highest BCUT2D eigenvalue weighted by atomic mass is 79.9. The van der Waals surface area contributed by atoms with Crippen LogP contribution in [0.25, 0.3) is 0 Å². The predicted molar refractivity (Wildman–Crippen MR) is 142 cm³/mol. The molecule has 8 nitrogen and oxygen atoms in total. The number of thioether (sulfide) groups is 1. The number of non-ortho nitro benzene ring substituents is 2. The molecule has 0 amide bonds. The van der Waals surface area contributed by atoms with E-state index in [1.54, 1.807) is 12.1 Å². The summed E-state index contributed by atoms with van der Waals surface area (Å²) in [5.41, 5.74) is 1.01. The number of hydrogen-bond acceptors (Lipinski definition) is 7. The number of nitrogens with zero attached hydrogens (tertiary/aromatic N) is 2. The van der Waals surface area contributed by atoms with Crippen molar-refractivity contribution in [1.29, 1.82) is 0 Å². The number of ketones is 1. The molecule has 2 aromatic rings. The van der Waals surface area contributed by atoms with Gasteiger partial charge in [0.25, 0.3) is 11.4 Å². The number of Topliss-reactive ketones (excluding diaryl/α,β-unsaturated/α-hetero) is 1. The highest BCUT2D eigenvalue weighted by Crippen LogP contribution is 2.17. The molecule has 0 radical (unpaired) electrons. The van der Waals surface area contributed by atoms with E-state index in [1.165, 1.54) is 85.1 Å². The number of halogens is 2. The van der Waals surface area contributed by atoms with Crippen molar-refractivity contribution in [2.75, 3.05) is 28.8 Å². The number of nitro groups is 2. The monoisotopic (exact) mass is 648 g/mol. The first-order chi connectivity index (χ1) is 16.3. The van der Waals surface area contributed by atoms with Crippen molar-refractivity contribution in [2.24, 2.45) is 0 Å². The molecule has 2 aliphatic heterocycles. The van der Waals surface area contributed by atoms with E-state index in [0.717, 1.165) is 0 Å². The van der Waals surface area contributed by atoms with Gasteiger partial charge in [0.1, 0.15) is 11.5 Å². The molecule has 190 valence electrons.